The van der Waals surface area contributed by atoms with Crippen LogP contribution in [0.2, 0.25) is 0 Å². The molecule has 0 spiro atoms. The van der Waals surface area contributed by atoms with Gasteiger partial charge < -0.3 is 9.42 Å². The number of piperazine rings is 1. The molecule has 0 bridgehead atoms. The van der Waals surface area contributed by atoms with E-state index in [1.165, 1.54) is 0 Å². The first-order chi connectivity index (χ1) is 11.0. The van der Waals surface area contributed by atoms with E-state index in [0.29, 0.717) is 29.6 Å². The van der Waals surface area contributed by atoms with Crippen molar-refractivity contribution >= 4 is 5.82 Å². The van der Waals surface area contributed by atoms with Crippen molar-refractivity contribution in [1.82, 2.24) is 25.2 Å². The lowest BCUT2D eigenvalue weighted by atomic mass is 10.1. The molecule has 8 nitrogen and oxygen atoms in total. The fourth-order valence-electron chi connectivity index (χ4n) is 2.73. The number of anilines is 1. The molecule has 1 aliphatic heterocycles. The molecule has 3 rings (SSSR count). The molecule has 1 atom stereocenters. The molecule has 0 N–H and O–H groups in total. The Kier molecular flexibility index (Phi) is 3.96. The molecule has 1 fully saturated rings. The number of hydrogen-bond donors (Lipinski definition) is 0. The summed E-state index contributed by atoms with van der Waals surface area (Å²) in [5.74, 6) is 1.84. The zero-order valence-electron chi connectivity index (χ0n) is 13.7. The predicted octanol–water partition coefficient (Wildman–Crippen LogP) is 1.15. The lowest BCUT2D eigenvalue weighted by Gasteiger charge is -2.38. The van der Waals surface area contributed by atoms with Crippen molar-refractivity contribution in [2.75, 3.05) is 31.6 Å². The molecule has 3 heterocycles. The molecule has 0 aromatic carbocycles. The van der Waals surface area contributed by atoms with Crippen molar-refractivity contribution in [3.05, 3.63) is 28.5 Å². The van der Waals surface area contributed by atoms with E-state index >= 15 is 0 Å². The summed E-state index contributed by atoms with van der Waals surface area (Å²) in [5, 5.41) is 21.8. The SMILES string of the molecule is Cc1noc([C@H]2CN(c3nnc(C)c(C)c3C#N)CCN2C)n1. The minimum atomic E-state index is -0.0279. The maximum Gasteiger partial charge on any atom is 0.245 e. The summed E-state index contributed by atoms with van der Waals surface area (Å²) in [6.45, 7) is 7.78. The van der Waals surface area contributed by atoms with Gasteiger partial charge in [-0.05, 0) is 33.4 Å². The third-order valence-corrected chi connectivity index (χ3v) is 4.32. The second-order valence-corrected chi connectivity index (χ2v) is 5.84. The maximum atomic E-state index is 9.50. The molecule has 0 aliphatic carbocycles. The van der Waals surface area contributed by atoms with Crippen molar-refractivity contribution in [2.24, 2.45) is 0 Å². The second-order valence-electron chi connectivity index (χ2n) is 5.84. The van der Waals surface area contributed by atoms with Crippen molar-refractivity contribution in [2.45, 2.75) is 26.8 Å². The van der Waals surface area contributed by atoms with E-state index in [2.05, 4.69) is 36.2 Å². The van der Waals surface area contributed by atoms with Crippen LogP contribution in [0.4, 0.5) is 5.82 Å². The molecule has 23 heavy (non-hydrogen) atoms. The molecule has 8 heteroatoms. The van der Waals surface area contributed by atoms with Gasteiger partial charge in [-0.2, -0.15) is 15.3 Å². The summed E-state index contributed by atoms with van der Waals surface area (Å²) >= 11 is 0. The van der Waals surface area contributed by atoms with Crippen LogP contribution in [0.3, 0.4) is 0 Å². The standard InChI is InChI=1S/C15H19N7O/c1-9-10(2)18-19-14(12(9)7-16)22-6-5-21(4)13(8-22)15-17-11(3)20-23-15/h13H,5-6,8H2,1-4H3/t13-/m1/s1. The Morgan fingerprint density at radius 2 is 2.00 bits per heavy atom. The van der Waals surface area contributed by atoms with Gasteiger partial charge in [-0.3, -0.25) is 4.90 Å². The molecule has 1 saturated heterocycles. The summed E-state index contributed by atoms with van der Waals surface area (Å²) < 4.78 is 5.33. The lowest BCUT2D eigenvalue weighted by Crippen LogP contribution is -2.47. The average molecular weight is 313 g/mol. The van der Waals surface area contributed by atoms with Crippen LogP contribution in [-0.4, -0.2) is 51.9 Å². The molecule has 2 aromatic rings. The molecule has 1 aliphatic rings. The van der Waals surface area contributed by atoms with Crippen LogP contribution in [0, 0.1) is 32.1 Å². The Labute approximate surface area is 134 Å². The van der Waals surface area contributed by atoms with Gasteiger partial charge in [0, 0.05) is 19.6 Å². The number of nitrogens with zero attached hydrogens (tertiary/aromatic N) is 7. The number of likely N-dealkylation sites (N-methyl/N-ethyl adjacent to an activating group) is 1. The predicted molar refractivity (Wildman–Crippen MR) is 82.8 cm³/mol. The third kappa shape index (κ3) is 2.75. The first-order valence-corrected chi connectivity index (χ1v) is 7.50. The summed E-state index contributed by atoms with van der Waals surface area (Å²) in [4.78, 5) is 8.58. The van der Waals surface area contributed by atoms with Crippen molar-refractivity contribution in [3.8, 4) is 6.07 Å². The van der Waals surface area contributed by atoms with E-state index in [1.54, 1.807) is 6.92 Å². The fraction of sp³-hybridized carbons (Fsp3) is 0.533. The van der Waals surface area contributed by atoms with Crippen LogP contribution < -0.4 is 4.90 Å². The largest absolute Gasteiger partial charge is 0.351 e. The maximum absolute atomic E-state index is 9.50. The van der Waals surface area contributed by atoms with Gasteiger partial charge in [0.05, 0.1) is 5.69 Å². The minimum absolute atomic E-state index is 0.0279. The number of aryl methyl sites for hydroxylation is 2. The van der Waals surface area contributed by atoms with Gasteiger partial charge in [0.15, 0.2) is 11.6 Å². The third-order valence-electron chi connectivity index (χ3n) is 4.32. The second kappa shape index (κ2) is 5.93. The summed E-state index contributed by atoms with van der Waals surface area (Å²) in [6, 6.07) is 2.23. The summed E-state index contributed by atoms with van der Waals surface area (Å²) in [6.07, 6.45) is 0. The van der Waals surface area contributed by atoms with Gasteiger partial charge in [-0.1, -0.05) is 5.16 Å². The van der Waals surface area contributed by atoms with E-state index in [4.69, 9.17) is 4.52 Å². The molecule has 0 amide bonds. The minimum Gasteiger partial charge on any atom is -0.351 e. The molecule has 2 aromatic heterocycles. The highest BCUT2D eigenvalue weighted by Gasteiger charge is 2.32. The van der Waals surface area contributed by atoms with Crippen LogP contribution in [-0.2, 0) is 0 Å². The fourth-order valence-corrected chi connectivity index (χ4v) is 2.73. The summed E-state index contributed by atoms with van der Waals surface area (Å²) in [5.41, 5.74) is 2.24. The van der Waals surface area contributed by atoms with Crippen molar-refractivity contribution in [1.29, 1.82) is 5.26 Å². The van der Waals surface area contributed by atoms with Crippen LogP contribution in [0.15, 0.2) is 4.52 Å². The number of nitriles is 1. The van der Waals surface area contributed by atoms with E-state index in [-0.39, 0.29) is 6.04 Å². The molecule has 120 valence electrons. The Balaban J connectivity index is 1.93. The van der Waals surface area contributed by atoms with E-state index in [1.807, 2.05) is 20.9 Å². The van der Waals surface area contributed by atoms with Crippen LogP contribution in [0.1, 0.15) is 34.6 Å². The van der Waals surface area contributed by atoms with E-state index < -0.39 is 0 Å². The van der Waals surface area contributed by atoms with Gasteiger partial charge in [0.25, 0.3) is 0 Å². The quantitative estimate of drug-likeness (QED) is 0.815. The monoisotopic (exact) mass is 313 g/mol. The van der Waals surface area contributed by atoms with Crippen LogP contribution in [0.5, 0.6) is 0 Å². The Hall–Kier alpha value is -2.53. The molecule has 0 radical (unpaired) electrons. The highest BCUT2D eigenvalue weighted by atomic mass is 16.5. The van der Waals surface area contributed by atoms with Crippen LogP contribution >= 0.6 is 0 Å². The average Bonchev–Trinajstić information content (AvgIpc) is 2.97. The highest BCUT2D eigenvalue weighted by Crippen LogP contribution is 2.28. The Morgan fingerprint density at radius 1 is 1.22 bits per heavy atom. The normalized spacial score (nSPS) is 18.9. The van der Waals surface area contributed by atoms with Gasteiger partial charge in [0.2, 0.25) is 5.89 Å². The van der Waals surface area contributed by atoms with Crippen molar-refractivity contribution in [3.63, 3.8) is 0 Å². The molecule has 0 unspecified atom stereocenters. The summed E-state index contributed by atoms with van der Waals surface area (Å²) in [7, 11) is 2.03. The Morgan fingerprint density at radius 3 is 2.65 bits per heavy atom. The van der Waals surface area contributed by atoms with Gasteiger partial charge in [-0.25, -0.2) is 0 Å². The van der Waals surface area contributed by atoms with E-state index in [9.17, 15) is 5.26 Å². The molecule has 0 saturated carbocycles. The Bertz CT molecular complexity index is 764. The molecular weight excluding hydrogens is 294 g/mol. The number of rotatable bonds is 2. The number of hydrogen-bond acceptors (Lipinski definition) is 8. The smallest absolute Gasteiger partial charge is 0.245 e. The first kappa shape index (κ1) is 15.4. The molecular formula is C15H19N7O. The zero-order valence-corrected chi connectivity index (χ0v) is 13.7. The zero-order chi connectivity index (χ0) is 16.6. The van der Waals surface area contributed by atoms with Gasteiger partial charge in [0.1, 0.15) is 17.7 Å². The van der Waals surface area contributed by atoms with Gasteiger partial charge >= 0.3 is 0 Å². The van der Waals surface area contributed by atoms with E-state index in [0.717, 1.165) is 24.3 Å². The van der Waals surface area contributed by atoms with Crippen molar-refractivity contribution < 1.29 is 4.52 Å². The van der Waals surface area contributed by atoms with Gasteiger partial charge in [-0.15, -0.1) is 5.10 Å². The topological polar surface area (TPSA) is 95.0 Å². The first-order valence-electron chi connectivity index (χ1n) is 7.50. The number of aromatic nitrogens is 4. The lowest BCUT2D eigenvalue weighted by molar-refractivity contribution is 0.177. The highest BCUT2D eigenvalue weighted by molar-refractivity contribution is 5.57. The van der Waals surface area contributed by atoms with Crippen LogP contribution in [0.25, 0.3) is 0 Å².